The quantitative estimate of drug-likeness (QED) is 0.519. The van der Waals surface area contributed by atoms with E-state index in [0.717, 1.165) is 17.5 Å². The second-order valence-corrected chi connectivity index (χ2v) is 9.10. The third kappa shape index (κ3) is 5.40. The predicted molar refractivity (Wildman–Crippen MR) is 120 cm³/mol. The van der Waals surface area contributed by atoms with E-state index in [9.17, 15) is 13.2 Å². The van der Waals surface area contributed by atoms with Crippen LogP contribution in [0.25, 0.3) is 0 Å². The second-order valence-electron chi connectivity index (χ2n) is 6.99. The molecule has 1 atom stereocenters. The SMILES string of the molecule is CC[C@@H](NC(=O)c1cccc(NS(=O)(=O)c2ccc(Cl)cc2)c1)c1ccc(C)cc1. The fraction of sp³-hybridized carbons (Fsp3) is 0.174. The molecule has 0 saturated carbocycles. The lowest BCUT2D eigenvalue weighted by Crippen LogP contribution is -2.28. The van der Waals surface area contributed by atoms with Gasteiger partial charge in [0.15, 0.2) is 0 Å². The molecule has 0 aliphatic rings. The molecule has 0 fully saturated rings. The molecule has 3 rings (SSSR count). The van der Waals surface area contributed by atoms with Crippen LogP contribution in [0.2, 0.25) is 5.02 Å². The molecule has 3 aromatic rings. The molecule has 0 radical (unpaired) electrons. The minimum Gasteiger partial charge on any atom is -0.345 e. The van der Waals surface area contributed by atoms with Crippen LogP contribution in [0.15, 0.2) is 77.7 Å². The number of amides is 1. The van der Waals surface area contributed by atoms with Gasteiger partial charge in [-0.25, -0.2) is 8.42 Å². The van der Waals surface area contributed by atoms with Crippen molar-refractivity contribution in [1.82, 2.24) is 5.32 Å². The Morgan fingerprint density at radius 3 is 2.30 bits per heavy atom. The van der Waals surface area contributed by atoms with Gasteiger partial charge in [0.2, 0.25) is 0 Å². The van der Waals surface area contributed by atoms with Crippen molar-refractivity contribution in [2.24, 2.45) is 0 Å². The number of benzene rings is 3. The van der Waals surface area contributed by atoms with Crippen molar-refractivity contribution in [3.8, 4) is 0 Å². The zero-order valence-electron chi connectivity index (χ0n) is 16.7. The van der Waals surface area contributed by atoms with Crippen molar-refractivity contribution >= 4 is 33.2 Å². The first-order chi connectivity index (χ1) is 14.3. The summed E-state index contributed by atoms with van der Waals surface area (Å²) in [5.74, 6) is -0.269. The molecule has 30 heavy (non-hydrogen) atoms. The molecule has 0 spiro atoms. The van der Waals surface area contributed by atoms with E-state index in [0.29, 0.717) is 16.3 Å². The lowest BCUT2D eigenvalue weighted by atomic mass is 10.0. The highest BCUT2D eigenvalue weighted by Gasteiger charge is 2.17. The lowest BCUT2D eigenvalue weighted by molar-refractivity contribution is 0.0935. The van der Waals surface area contributed by atoms with E-state index in [1.807, 2.05) is 38.1 Å². The van der Waals surface area contributed by atoms with Crippen LogP contribution in [-0.4, -0.2) is 14.3 Å². The average molecular weight is 443 g/mol. The minimum atomic E-state index is -3.79. The largest absolute Gasteiger partial charge is 0.345 e. The molecular formula is C23H23ClN2O3S. The van der Waals surface area contributed by atoms with Crippen LogP contribution < -0.4 is 10.0 Å². The number of nitrogens with one attached hydrogen (secondary N) is 2. The number of aryl methyl sites for hydroxylation is 1. The van der Waals surface area contributed by atoms with Crippen LogP contribution in [0.3, 0.4) is 0 Å². The fourth-order valence-corrected chi connectivity index (χ4v) is 4.19. The van der Waals surface area contributed by atoms with Gasteiger partial charge in [-0.15, -0.1) is 0 Å². The Hall–Kier alpha value is -2.83. The van der Waals surface area contributed by atoms with Gasteiger partial charge in [0, 0.05) is 16.3 Å². The molecule has 0 heterocycles. The number of halogens is 1. The summed E-state index contributed by atoms with van der Waals surface area (Å²) in [5, 5.41) is 3.47. The van der Waals surface area contributed by atoms with Crippen LogP contribution in [0, 0.1) is 6.92 Å². The van der Waals surface area contributed by atoms with Gasteiger partial charge in [0.25, 0.3) is 15.9 Å². The van der Waals surface area contributed by atoms with E-state index in [1.165, 1.54) is 30.3 Å². The lowest BCUT2D eigenvalue weighted by Gasteiger charge is -2.18. The van der Waals surface area contributed by atoms with E-state index in [2.05, 4.69) is 10.0 Å². The van der Waals surface area contributed by atoms with Gasteiger partial charge in [-0.2, -0.15) is 0 Å². The monoisotopic (exact) mass is 442 g/mol. The second kappa shape index (κ2) is 9.32. The number of carbonyl (C=O) groups is 1. The van der Waals surface area contributed by atoms with Gasteiger partial charge < -0.3 is 5.32 Å². The van der Waals surface area contributed by atoms with E-state index >= 15 is 0 Å². The number of hydrogen-bond donors (Lipinski definition) is 2. The molecular weight excluding hydrogens is 420 g/mol. The molecule has 7 heteroatoms. The maximum Gasteiger partial charge on any atom is 0.261 e. The van der Waals surface area contributed by atoms with Crippen molar-refractivity contribution in [2.45, 2.75) is 31.2 Å². The van der Waals surface area contributed by atoms with Crippen molar-refractivity contribution in [1.29, 1.82) is 0 Å². The van der Waals surface area contributed by atoms with Crippen molar-refractivity contribution < 1.29 is 13.2 Å². The summed E-state index contributed by atoms with van der Waals surface area (Å²) >= 11 is 5.82. The van der Waals surface area contributed by atoms with Crippen molar-refractivity contribution in [3.05, 3.63) is 94.5 Å². The Balaban J connectivity index is 1.76. The standard InChI is InChI=1S/C23H23ClN2O3S/c1-3-22(17-9-7-16(2)8-10-17)25-23(27)18-5-4-6-20(15-18)26-30(28,29)21-13-11-19(24)12-14-21/h4-15,22,26H,3H2,1-2H3,(H,25,27)/t22-/m1/s1. The summed E-state index contributed by atoms with van der Waals surface area (Å²) in [6.07, 6.45) is 0.734. The summed E-state index contributed by atoms with van der Waals surface area (Å²) in [6.45, 7) is 4.02. The van der Waals surface area contributed by atoms with Crippen LogP contribution >= 0.6 is 11.6 Å². The normalized spacial score (nSPS) is 12.2. The van der Waals surface area contributed by atoms with Crippen molar-refractivity contribution in [2.75, 3.05) is 4.72 Å². The van der Waals surface area contributed by atoms with Gasteiger partial charge >= 0.3 is 0 Å². The van der Waals surface area contributed by atoms with Crippen LogP contribution in [0.5, 0.6) is 0 Å². The zero-order valence-corrected chi connectivity index (χ0v) is 18.3. The highest BCUT2D eigenvalue weighted by atomic mass is 35.5. The maximum atomic E-state index is 12.8. The molecule has 1 amide bonds. The Bertz CT molecular complexity index is 1130. The Labute approximate surface area is 182 Å². The Morgan fingerprint density at radius 2 is 1.67 bits per heavy atom. The number of sulfonamides is 1. The van der Waals surface area contributed by atoms with Crippen molar-refractivity contribution in [3.63, 3.8) is 0 Å². The van der Waals surface area contributed by atoms with Gasteiger partial charge in [-0.05, 0) is 61.4 Å². The van der Waals surface area contributed by atoms with E-state index in [-0.39, 0.29) is 16.8 Å². The van der Waals surface area contributed by atoms with Crippen LogP contribution in [0.1, 0.15) is 40.9 Å². The number of rotatable bonds is 7. The van der Waals surface area contributed by atoms with Crippen LogP contribution in [0.4, 0.5) is 5.69 Å². The minimum absolute atomic E-state index is 0.0900. The van der Waals surface area contributed by atoms with Gasteiger partial charge in [-0.3, -0.25) is 9.52 Å². The molecule has 2 N–H and O–H groups in total. The smallest absolute Gasteiger partial charge is 0.261 e. The van der Waals surface area contributed by atoms with Gasteiger partial charge in [-0.1, -0.05) is 54.4 Å². The summed E-state index contributed by atoms with van der Waals surface area (Å²) in [4.78, 5) is 12.9. The first-order valence-electron chi connectivity index (χ1n) is 9.54. The van der Waals surface area contributed by atoms with Gasteiger partial charge in [0.1, 0.15) is 0 Å². The topological polar surface area (TPSA) is 75.3 Å². The fourth-order valence-electron chi connectivity index (χ4n) is 3.01. The highest BCUT2D eigenvalue weighted by molar-refractivity contribution is 7.92. The Morgan fingerprint density at radius 1 is 1.00 bits per heavy atom. The third-order valence-corrected chi connectivity index (χ3v) is 6.34. The molecule has 0 aliphatic heterocycles. The summed E-state index contributed by atoms with van der Waals surface area (Å²) < 4.78 is 27.7. The van der Waals surface area contributed by atoms with E-state index in [4.69, 9.17) is 11.6 Å². The van der Waals surface area contributed by atoms with Gasteiger partial charge in [0.05, 0.1) is 10.9 Å². The third-order valence-electron chi connectivity index (χ3n) is 4.69. The number of anilines is 1. The molecule has 0 saturated heterocycles. The molecule has 156 valence electrons. The number of carbonyl (C=O) groups excluding carboxylic acids is 1. The molecule has 3 aromatic carbocycles. The molecule has 0 aromatic heterocycles. The average Bonchev–Trinajstić information content (AvgIpc) is 2.73. The molecule has 0 unspecified atom stereocenters. The number of hydrogen-bond acceptors (Lipinski definition) is 3. The predicted octanol–water partition coefficient (Wildman–Crippen LogP) is 5.33. The molecule has 0 bridgehead atoms. The zero-order chi connectivity index (χ0) is 21.7. The molecule has 0 aliphatic carbocycles. The Kier molecular flexibility index (Phi) is 6.80. The summed E-state index contributed by atoms with van der Waals surface area (Å²) in [6, 6.07) is 20.2. The molecule has 5 nitrogen and oxygen atoms in total. The highest BCUT2D eigenvalue weighted by Crippen LogP contribution is 2.21. The first kappa shape index (κ1) is 21.9. The maximum absolute atomic E-state index is 12.8. The summed E-state index contributed by atoms with van der Waals surface area (Å²) in [5.41, 5.74) is 2.86. The van der Waals surface area contributed by atoms with E-state index < -0.39 is 10.0 Å². The van der Waals surface area contributed by atoms with Crippen LogP contribution in [-0.2, 0) is 10.0 Å². The summed E-state index contributed by atoms with van der Waals surface area (Å²) in [7, 11) is -3.79. The first-order valence-corrected chi connectivity index (χ1v) is 11.4. The van der Waals surface area contributed by atoms with E-state index in [1.54, 1.807) is 18.2 Å².